The molecule has 4 aromatic rings. The lowest BCUT2D eigenvalue weighted by atomic mass is 9.86. The van der Waals surface area contributed by atoms with Gasteiger partial charge in [-0.15, -0.1) is 0 Å². The van der Waals surface area contributed by atoms with E-state index in [9.17, 15) is 9.00 Å². The normalized spacial score (nSPS) is 17.7. The molecule has 11 nitrogen and oxygen atoms in total. The number of carbonyl (C=O) groups is 1. The number of nitrogens with one attached hydrogen (secondary N) is 3. The third-order valence-electron chi connectivity index (χ3n) is 8.53. The number of alkyl carbamates (subject to hydrolysis) is 1. The zero-order valence-electron chi connectivity index (χ0n) is 29.3. The van der Waals surface area contributed by atoms with Crippen LogP contribution in [0, 0.1) is 0 Å². The summed E-state index contributed by atoms with van der Waals surface area (Å²) in [7, 11) is -1.12. The van der Waals surface area contributed by atoms with Crippen LogP contribution in [-0.4, -0.2) is 68.3 Å². The number of fused-ring (bicyclic) bond motifs is 2. The second-order valence-corrected chi connectivity index (χ2v) is 22.7. The van der Waals surface area contributed by atoms with E-state index in [-0.39, 0.29) is 18.1 Å². The zero-order valence-corrected chi connectivity index (χ0v) is 31.1. The summed E-state index contributed by atoms with van der Waals surface area (Å²) in [5.41, 5.74) is 5.86. The number of amides is 1. The topological polar surface area (TPSA) is 124 Å². The van der Waals surface area contributed by atoms with E-state index in [1.165, 1.54) is 7.11 Å². The molecule has 3 aromatic heterocycles. The standard InChI is InChI=1S/C34H51N7O4SSi/c1-22(2)41-29-11-10-23(14-24(29)18-36-41)28-20-40(21-45-12-13-47(7,8)9)32-30(28)31(38-26-15-27(16-26)39-33(42)44-6)25(17-35-32)19-37-46(43)34(3,4)5/h10-11,14,17-18,20,22,26-27,37H,12-13,15-16,19,21H2,1-9H3,(H,35,38)(H,39,42). The van der Waals surface area contributed by atoms with E-state index in [1.54, 1.807) is 0 Å². The van der Waals surface area contributed by atoms with Crippen LogP contribution < -0.4 is 15.4 Å². The average molecular weight is 682 g/mol. The molecule has 0 bridgehead atoms. The Morgan fingerprint density at radius 3 is 2.55 bits per heavy atom. The van der Waals surface area contributed by atoms with Crippen LogP contribution in [0.1, 0.15) is 59.1 Å². The van der Waals surface area contributed by atoms with Crippen LogP contribution in [0.25, 0.3) is 33.1 Å². The number of anilines is 1. The smallest absolute Gasteiger partial charge is 0.407 e. The number of hydrogen-bond donors (Lipinski definition) is 3. The first-order valence-corrected chi connectivity index (χ1v) is 21.3. The predicted molar refractivity (Wildman–Crippen MR) is 194 cm³/mol. The van der Waals surface area contributed by atoms with Gasteiger partial charge in [-0.3, -0.25) is 4.68 Å². The molecule has 0 saturated heterocycles. The second-order valence-electron chi connectivity index (χ2n) is 15.0. The van der Waals surface area contributed by atoms with Gasteiger partial charge in [-0.2, -0.15) is 5.10 Å². The molecule has 1 amide bonds. The lowest BCUT2D eigenvalue weighted by Crippen LogP contribution is -2.49. The average Bonchev–Trinajstić information content (AvgIpc) is 3.57. The van der Waals surface area contributed by atoms with Gasteiger partial charge in [0, 0.05) is 68.3 Å². The monoisotopic (exact) mass is 681 g/mol. The molecule has 1 unspecified atom stereocenters. The summed E-state index contributed by atoms with van der Waals surface area (Å²) >= 11 is 0. The number of carbonyl (C=O) groups excluding carboxylic acids is 1. The first-order chi connectivity index (χ1) is 22.1. The summed E-state index contributed by atoms with van der Waals surface area (Å²) in [6, 6.07) is 7.98. The van der Waals surface area contributed by atoms with Crippen molar-refractivity contribution in [1.82, 2.24) is 29.4 Å². The van der Waals surface area contributed by atoms with Crippen molar-refractivity contribution in [3.63, 3.8) is 0 Å². The fourth-order valence-corrected chi connectivity index (χ4v) is 7.20. The second kappa shape index (κ2) is 14.1. The molecule has 0 aliphatic heterocycles. The first-order valence-electron chi connectivity index (χ1n) is 16.5. The van der Waals surface area contributed by atoms with Crippen molar-refractivity contribution in [2.24, 2.45) is 0 Å². The van der Waals surface area contributed by atoms with Gasteiger partial charge in [0.2, 0.25) is 0 Å². The number of nitrogens with zero attached hydrogens (tertiary/aromatic N) is 4. The Labute approximate surface area is 281 Å². The van der Waals surface area contributed by atoms with Gasteiger partial charge < -0.3 is 24.7 Å². The molecular formula is C34H51N7O4SSi. The van der Waals surface area contributed by atoms with Gasteiger partial charge in [0.15, 0.2) is 0 Å². The Balaban J connectivity index is 1.58. The fourth-order valence-electron chi connectivity index (χ4n) is 5.73. The van der Waals surface area contributed by atoms with Crippen molar-refractivity contribution < 1.29 is 18.5 Å². The number of hydrogen-bond acceptors (Lipinski definition) is 7. The number of benzene rings is 1. The molecule has 3 heterocycles. The minimum absolute atomic E-state index is 0.0379. The van der Waals surface area contributed by atoms with Crippen molar-refractivity contribution >= 4 is 52.8 Å². The predicted octanol–water partition coefficient (Wildman–Crippen LogP) is 6.80. The van der Waals surface area contributed by atoms with E-state index in [1.807, 2.05) is 37.8 Å². The van der Waals surface area contributed by atoms with Crippen molar-refractivity contribution in [2.75, 3.05) is 19.0 Å². The van der Waals surface area contributed by atoms with E-state index in [2.05, 4.69) is 82.9 Å². The number of pyridine rings is 1. The summed E-state index contributed by atoms with van der Waals surface area (Å²) < 4.78 is 31.0. The van der Waals surface area contributed by atoms with Gasteiger partial charge in [0.25, 0.3) is 0 Å². The fraction of sp³-hybridized carbons (Fsp3) is 0.559. The van der Waals surface area contributed by atoms with Gasteiger partial charge in [-0.1, -0.05) is 25.7 Å². The molecular weight excluding hydrogens is 631 g/mol. The lowest BCUT2D eigenvalue weighted by Gasteiger charge is -2.37. The summed E-state index contributed by atoms with van der Waals surface area (Å²) in [5.74, 6) is 0. The molecule has 1 aromatic carbocycles. The number of ether oxygens (including phenoxy) is 2. The quantitative estimate of drug-likeness (QED) is 0.105. The van der Waals surface area contributed by atoms with Crippen LogP contribution in [0.4, 0.5) is 10.5 Å². The maximum atomic E-state index is 13.0. The van der Waals surface area contributed by atoms with Gasteiger partial charge >= 0.3 is 6.09 Å². The molecule has 1 saturated carbocycles. The molecule has 1 atom stereocenters. The highest BCUT2D eigenvalue weighted by Crippen LogP contribution is 2.40. The zero-order chi connectivity index (χ0) is 34.1. The number of aromatic nitrogens is 4. The van der Waals surface area contributed by atoms with Crippen LogP contribution in [0.15, 0.2) is 36.8 Å². The maximum Gasteiger partial charge on any atom is 0.407 e. The molecule has 13 heteroatoms. The van der Waals surface area contributed by atoms with Gasteiger partial charge in [-0.25, -0.2) is 18.7 Å². The molecule has 1 aliphatic rings. The maximum absolute atomic E-state index is 13.0. The van der Waals surface area contributed by atoms with E-state index in [0.29, 0.717) is 19.9 Å². The van der Waals surface area contributed by atoms with Crippen LogP contribution >= 0.6 is 0 Å². The molecule has 1 aliphatic carbocycles. The highest BCUT2D eigenvalue weighted by atomic mass is 32.2. The summed E-state index contributed by atoms with van der Waals surface area (Å²) in [6.45, 7) is 18.7. The van der Waals surface area contributed by atoms with Crippen LogP contribution in [0.5, 0.6) is 0 Å². The summed E-state index contributed by atoms with van der Waals surface area (Å²) in [5, 5.41) is 13.4. The Morgan fingerprint density at radius 1 is 1.15 bits per heavy atom. The van der Waals surface area contributed by atoms with E-state index in [0.717, 1.165) is 63.2 Å². The number of rotatable bonds is 13. The summed E-state index contributed by atoms with van der Waals surface area (Å²) in [4.78, 5) is 16.8. The molecule has 5 rings (SSSR count). The molecule has 0 radical (unpaired) electrons. The molecule has 3 N–H and O–H groups in total. The van der Waals surface area contributed by atoms with E-state index >= 15 is 0 Å². The first kappa shape index (κ1) is 35.1. The highest BCUT2D eigenvalue weighted by Gasteiger charge is 2.32. The van der Waals surface area contributed by atoms with Crippen LogP contribution in [-0.2, 0) is 33.7 Å². The Bertz CT molecular complexity index is 1750. The van der Waals surface area contributed by atoms with Gasteiger partial charge in [0.1, 0.15) is 12.4 Å². The Kier molecular flexibility index (Phi) is 10.5. The SMILES string of the molecule is COC(=O)NC1CC(Nc2c(CNS(=O)C(C)(C)C)cnc3c2c(-c2ccc4c(cnn4C(C)C)c2)cn3COCC[Si](C)(C)C)C1. The minimum atomic E-state index is -1.26. The Hall–Kier alpha value is -3.26. The van der Waals surface area contributed by atoms with Crippen LogP contribution in [0.2, 0.25) is 25.7 Å². The van der Waals surface area contributed by atoms with Crippen molar-refractivity contribution in [3.05, 3.63) is 42.4 Å². The Morgan fingerprint density at radius 2 is 1.89 bits per heavy atom. The van der Waals surface area contributed by atoms with Crippen LogP contribution in [0.3, 0.4) is 0 Å². The highest BCUT2D eigenvalue weighted by molar-refractivity contribution is 7.84. The van der Waals surface area contributed by atoms with Gasteiger partial charge in [-0.05, 0) is 71.2 Å². The van der Waals surface area contributed by atoms with Crippen molar-refractivity contribution in [2.45, 2.75) is 109 Å². The molecule has 47 heavy (non-hydrogen) atoms. The van der Waals surface area contributed by atoms with Gasteiger partial charge in [0.05, 0.1) is 45.6 Å². The van der Waals surface area contributed by atoms with Crippen molar-refractivity contribution in [3.8, 4) is 11.1 Å². The number of methoxy groups -OCH3 is 1. The molecule has 1 fully saturated rings. The molecule has 256 valence electrons. The third kappa shape index (κ3) is 8.25. The molecule has 0 spiro atoms. The van der Waals surface area contributed by atoms with E-state index < -0.39 is 29.9 Å². The largest absolute Gasteiger partial charge is 0.453 e. The van der Waals surface area contributed by atoms with Crippen molar-refractivity contribution in [1.29, 1.82) is 0 Å². The lowest BCUT2D eigenvalue weighted by molar-refractivity contribution is 0.0899. The summed E-state index contributed by atoms with van der Waals surface area (Å²) in [6.07, 6.45) is 7.04. The third-order valence-corrected chi connectivity index (χ3v) is 11.8. The minimum Gasteiger partial charge on any atom is -0.453 e. The van der Waals surface area contributed by atoms with E-state index in [4.69, 9.17) is 14.5 Å².